The van der Waals surface area contributed by atoms with Gasteiger partial charge in [0, 0.05) is 30.7 Å². The molecule has 0 amide bonds. The van der Waals surface area contributed by atoms with Crippen LogP contribution in [0.2, 0.25) is 0 Å². The maximum absolute atomic E-state index is 5.50. The van der Waals surface area contributed by atoms with Gasteiger partial charge in [0.25, 0.3) is 0 Å². The van der Waals surface area contributed by atoms with Crippen LogP contribution in [0.25, 0.3) is 11.3 Å². The van der Waals surface area contributed by atoms with Crippen LogP contribution < -0.4 is 10.1 Å². The molecule has 0 spiro atoms. The van der Waals surface area contributed by atoms with Gasteiger partial charge in [0.05, 0.1) is 17.6 Å². The Morgan fingerprint density at radius 2 is 2.00 bits per heavy atom. The quantitative estimate of drug-likeness (QED) is 0.681. The standard InChI is InChI=1S/C16H16N4O/c1-2-4-13(5-3-1)16-14(6-7-20-16)18-10-11-21-15-12-17-8-9-19-15/h1-9,12,18,20H,10-11H2. The van der Waals surface area contributed by atoms with Gasteiger partial charge in [-0.1, -0.05) is 30.3 Å². The molecule has 0 aliphatic carbocycles. The van der Waals surface area contributed by atoms with E-state index in [2.05, 4.69) is 32.4 Å². The number of hydrogen-bond donors (Lipinski definition) is 2. The van der Waals surface area contributed by atoms with E-state index in [-0.39, 0.29) is 0 Å². The molecule has 0 radical (unpaired) electrons. The van der Waals surface area contributed by atoms with Crippen LogP contribution in [-0.2, 0) is 0 Å². The highest BCUT2D eigenvalue weighted by atomic mass is 16.5. The molecule has 2 N–H and O–H groups in total. The molecular formula is C16H16N4O. The fourth-order valence-electron chi connectivity index (χ4n) is 2.06. The van der Waals surface area contributed by atoms with E-state index < -0.39 is 0 Å². The van der Waals surface area contributed by atoms with Crippen LogP contribution in [0.15, 0.2) is 61.2 Å². The highest BCUT2D eigenvalue weighted by molar-refractivity contribution is 5.74. The molecule has 0 aliphatic rings. The number of benzene rings is 1. The highest BCUT2D eigenvalue weighted by Crippen LogP contribution is 2.25. The average Bonchev–Trinajstić information content (AvgIpc) is 3.02. The van der Waals surface area contributed by atoms with Crippen LogP contribution in [0, 0.1) is 0 Å². The van der Waals surface area contributed by atoms with Gasteiger partial charge in [-0.2, -0.15) is 0 Å². The maximum Gasteiger partial charge on any atom is 0.232 e. The molecule has 2 heterocycles. The van der Waals surface area contributed by atoms with E-state index >= 15 is 0 Å². The molecule has 2 aromatic heterocycles. The largest absolute Gasteiger partial charge is 0.475 e. The smallest absolute Gasteiger partial charge is 0.232 e. The first kappa shape index (κ1) is 13.2. The molecule has 1 aromatic carbocycles. The molecule has 3 rings (SSSR count). The summed E-state index contributed by atoms with van der Waals surface area (Å²) in [6.07, 6.45) is 6.76. The van der Waals surface area contributed by atoms with Gasteiger partial charge in [0.2, 0.25) is 5.88 Å². The van der Waals surface area contributed by atoms with E-state index in [1.807, 2.05) is 30.5 Å². The highest BCUT2D eigenvalue weighted by Gasteiger charge is 2.05. The Morgan fingerprint density at radius 3 is 2.81 bits per heavy atom. The van der Waals surface area contributed by atoms with Gasteiger partial charge < -0.3 is 15.0 Å². The predicted octanol–water partition coefficient (Wildman–Crippen LogP) is 2.96. The zero-order chi connectivity index (χ0) is 14.3. The summed E-state index contributed by atoms with van der Waals surface area (Å²) >= 11 is 0. The molecule has 0 atom stereocenters. The Balaban J connectivity index is 1.56. The molecule has 106 valence electrons. The first-order chi connectivity index (χ1) is 10.4. The van der Waals surface area contributed by atoms with E-state index in [0.29, 0.717) is 19.0 Å². The molecule has 0 bridgehead atoms. The van der Waals surface area contributed by atoms with E-state index in [9.17, 15) is 0 Å². The normalized spacial score (nSPS) is 10.3. The van der Waals surface area contributed by atoms with Gasteiger partial charge >= 0.3 is 0 Å². The number of rotatable bonds is 6. The SMILES string of the molecule is c1ccc(-c2[nH]ccc2NCCOc2cnccn2)cc1. The van der Waals surface area contributed by atoms with Crippen molar-refractivity contribution < 1.29 is 4.74 Å². The summed E-state index contributed by atoms with van der Waals surface area (Å²) in [5.41, 5.74) is 3.29. The minimum atomic E-state index is 0.526. The molecule has 5 nitrogen and oxygen atoms in total. The van der Waals surface area contributed by atoms with Crippen LogP contribution in [-0.4, -0.2) is 28.1 Å². The van der Waals surface area contributed by atoms with Crippen molar-refractivity contribution in [2.75, 3.05) is 18.5 Å². The molecule has 0 saturated carbocycles. The topological polar surface area (TPSA) is 62.8 Å². The Labute approximate surface area is 123 Å². The lowest BCUT2D eigenvalue weighted by Gasteiger charge is -2.08. The molecule has 5 heteroatoms. The summed E-state index contributed by atoms with van der Waals surface area (Å²) in [6, 6.07) is 12.2. The third-order valence-electron chi connectivity index (χ3n) is 3.02. The van der Waals surface area contributed by atoms with Gasteiger partial charge in [0.15, 0.2) is 0 Å². The van der Waals surface area contributed by atoms with Crippen molar-refractivity contribution in [3.8, 4) is 17.1 Å². The lowest BCUT2D eigenvalue weighted by Crippen LogP contribution is -2.12. The number of anilines is 1. The number of nitrogens with zero attached hydrogens (tertiary/aromatic N) is 2. The molecule has 3 aromatic rings. The Bertz CT molecular complexity index is 667. The predicted molar refractivity (Wildman–Crippen MR) is 82.2 cm³/mol. The van der Waals surface area contributed by atoms with Crippen molar-refractivity contribution in [3.63, 3.8) is 0 Å². The third kappa shape index (κ3) is 3.39. The second-order valence-electron chi connectivity index (χ2n) is 4.45. The second-order valence-corrected chi connectivity index (χ2v) is 4.45. The summed E-state index contributed by atoms with van der Waals surface area (Å²) in [6.45, 7) is 1.21. The van der Waals surface area contributed by atoms with Crippen LogP contribution in [0.3, 0.4) is 0 Å². The zero-order valence-electron chi connectivity index (χ0n) is 11.5. The molecule has 0 unspecified atom stereocenters. The Kier molecular flexibility index (Phi) is 4.12. The van der Waals surface area contributed by atoms with Crippen molar-refractivity contribution in [2.45, 2.75) is 0 Å². The first-order valence-electron chi connectivity index (χ1n) is 6.79. The summed E-state index contributed by atoms with van der Waals surface area (Å²) in [7, 11) is 0. The number of ether oxygens (including phenoxy) is 1. The fraction of sp³-hybridized carbons (Fsp3) is 0.125. The van der Waals surface area contributed by atoms with Crippen LogP contribution in [0.4, 0.5) is 5.69 Å². The van der Waals surface area contributed by atoms with Gasteiger partial charge in [-0.3, -0.25) is 4.98 Å². The number of aromatic nitrogens is 3. The minimum Gasteiger partial charge on any atom is -0.475 e. The Morgan fingerprint density at radius 1 is 1.10 bits per heavy atom. The van der Waals surface area contributed by atoms with E-state index in [4.69, 9.17) is 4.74 Å². The van der Waals surface area contributed by atoms with Gasteiger partial charge in [-0.15, -0.1) is 0 Å². The van der Waals surface area contributed by atoms with E-state index in [1.165, 1.54) is 0 Å². The van der Waals surface area contributed by atoms with Gasteiger partial charge in [0.1, 0.15) is 6.61 Å². The zero-order valence-corrected chi connectivity index (χ0v) is 11.5. The van der Waals surface area contributed by atoms with E-state index in [0.717, 1.165) is 16.9 Å². The van der Waals surface area contributed by atoms with Crippen molar-refractivity contribution in [1.82, 2.24) is 15.0 Å². The number of aromatic amines is 1. The van der Waals surface area contributed by atoms with E-state index in [1.54, 1.807) is 18.6 Å². The number of hydrogen-bond acceptors (Lipinski definition) is 4. The molecule has 21 heavy (non-hydrogen) atoms. The van der Waals surface area contributed by atoms with Crippen LogP contribution in [0.1, 0.15) is 0 Å². The van der Waals surface area contributed by atoms with Gasteiger partial charge in [-0.25, -0.2) is 4.98 Å². The average molecular weight is 280 g/mol. The molecule has 0 aliphatic heterocycles. The van der Waals surface area contributed by atoms with Crippen molar-refractivity contribution in [2.24, 2.45) is 0 Å². The van der Waals surface area contributed by atoms with Crippen molar-refractivity contribution in [3.05, 3.63) is 61.2 Å². The van der Waals surface area contributed by atoms with Crippen molar-refractivity contribution in [1.29, 1.82) is 0 Å². The maximum atomic E-state index is 5.50. The molecule has 0 saturated heterocycles. The third-order valence-corrected chi connectivity index (χ3v) is 3.02. The van der Waals surface area contributed by atoms with Crippen LogP contribution in [0.5, 0.6) is 5.88 Å². The summed E-state index contributed by atoms with van der Waals surface area (Å²) in [5.74, 6) is 0.539. The van der Waals surface area contributed by atoms with Gasteiger partial charge in [-0.05, 0) is 6.07 Å². The van der Waals surface area contributed by atoms with Crippen molar-refractivity contribution >= 4 is 5.69 Å². The lowest BCUT2D eigenvalue weighted by atomic mass is 10.1. The number of nitrogens with one attached hydrogen (secondary N) is 2. The Hall–Kier alpha value is -2.82. The molecular weight excluding hydrogens is 264 g/mol. The fourth-order valence-corrected chi connectivity index (χ4v) is 2.06. The monoisotopic (exact) mass is 280 g/mol. The summed E-state index contributed by atoms with van der Waals surface area (Å²) in [4.78, 5) is 11.3. The summed E-state index contributed by atoms with van der Waals surface area (Å²) in [5, 5.41) is 3.36. The first-order valence-corrected chi connectivity index (χ1v) is 6.79. The van der Waals surface area contributed by atoms with Crippen LogP contribution >= 0.6 is 0 Å². The second kappa shape index (κ2) is 6.56. The minimum absolute atomic E-state index is 0.526. The lowest BCUT2D eigenvalue weighted by molar-refractivity contribution is 0.318. The molecule has 0 fully saturated rings. The number of H-pyrrole nitrogens is 1. The summed E-state index contributed by atoms with van der Waals surface area (Å²) < 4.78 is 5.50.